The second-order valence-electron chi connectivity index (χ2n) is 4.83. The van der Waals surface area contributed by atoms with Crippen LogP contribution in [-0.4, -0.2) is 28.1 Å². The number of hydrogen-bond acceptors (Lipinski definition) is 4. The second-order valence-corrected chi connectivity index (χ2v) is 4.83. The van der Waals surface area contributed by atoms with Gasteiger partial charge in [-0.15, -0.1) is 0 Å². The summed E-state index contributed by atoms with van der Waals surface area (Å²) in [6.07, 6.45) is 4.75. The highest BCUT2D eigenvalue weighted by molar-refractivity contribution is 6.00. The van der Waals surface area contributed by atoms with Crippen molar-refractivity contribution in [2.75, 3.05) is 11.1 Å². The van der Waals surface area contributed by atoms with Gasteiger partial charge >= 0.3 is 11.9 Å². The van der Waals surface area contributed by atoms with Crippen molar-refractivity contribution >= 4 is 29.2 Å². The number of hydrogen-bond donors (Lipinski definition) is 4. The molecule has 1 atom stereocenters. The van der Waals surface area contributed by atoms with E-state index in [1.165, 1.54) is 18.2 Å². The lowest BCUT2D eigenvalue weighted by atomic mass is 10.1. The molecule has 7 nitrogen and oxygen atoms in total. The molecule has 1 aromatic rings. The third-order valence-electron chi connectivity index (χ3n) is 3.13. The number of aliphatic carboxylic acids is 2. The highest BCUT2D eigenvalue weighted by Crippen LogP contribution is 2.19. The standard InChI is InChI=1S/C16H14N2O5/c17-12-3-5-13(6-4-12)18-14(19)9-1-2-10(15(20)21)8-11(7-9)16(22)23/h1-9H,17H2,(H,18,19)(H,20,21)(H,22,23). The minimum Gasteiger partial charge on any atom is -0.478 e. The zero-order valence-corrected chi connectivity index (χ0v) is 11.9. The Hall–Kier alpha value is -3.35. The SMILES string of the molecule is Nc1ccc(NC(=O)C2C=CC(C(=O)O)=CC(C(=O)O)=C2)cc1. The van der Waals surface area contributed by atoms with E-state index in [1.54, 1.807) is 24.3 Å². The Morgan fingerprint density at radius 2 is 1.61 bits per heavy atom. The van der Waals surface area contributed by atoms with Gasteiger partial charge in [0.15, 0.2) is 0 Å². The molecular formula is C16H14N2O5. The van der Waals surface area contributed by atoms with Crippen molar-refractivity contribution in [2.45, 2.75) is 0 Å². The molecule has 0 fully saturated rings. The molecule has 0 heterocycles. The van der Waals surface area contributed by atoms with Gasteiger partial charge in [0.2, 0.25) is 5.91 Å². The topological polar surface area (TPSA) is 130 Å². The third kappa shape index (κ3) is 4.07. The molecule has 2 rings (SSSR count). The van der Waals surface area contributed by atoms with Crippen molar-refractivity contribution in [3.05, 3.63) is 59.7 Å². The molecule has 1 unspecified atom stereocenters. The molecule has 1 aromatic carbocycles. The van der Waals surface area contributed by atoms with Crippen molar-refractivity contribution < 1.29 is 24.6 Å². The first-order valence-corrected chi connectivity index (χ1v) is 6.61. The Morgan fingerprint density at radius 3 is 2.17 bits per heavy atom. The van der Waals surface area contributed by atoms with Crippen LogP contribution in [0.15, 0.2) is 59.7 Å². The molecule has 0 bridgehead atoms. The third-order valence-corrected chi connectivity index (χ3v) is 3.13. The first-order chi connectivity index (χ1) is 10.9. The van der Waals surface area contributed by atoms with Gasteiger partial charge in [-0.05, 0) is 30.3 Å². The number of carbonyl (C=O) groups excluding carboxylic acids is 1. The lowest BCUT2D eigenvalue weighted by Crippen LogP contribution is -2.20. The van der Waals surface area contributed by atoms with Gasteiger partial charge in [-0.2, -0.15) is 0 Å². The van der Waals surface area contributed by atoms with Crippen LogP contribution in [0.1, 0.15) is 0 Å². The number of carboxylic acid groups (broad SMARTS) is 2. The van der Waals surface area contributed by atoms with Gasteiger partial charge in [0.1, 0.15) is 0 Å². The van der Waals surface area contributed by atoms with Gasteiger partial charge in [0.25, 0.3) is 0 Å². The summed E-state index contributed by atoms with van der Waals surface area (Å²) in [6, 6.07) is 6.44. The van der Waals surface area contributed by atoms with Crippen LogP contribution in [0, 0.1) is 5.92 Å². The lowest BCUT2D eigenvalue weighted by molar-refractivity contribution is -0.132. The highest BCUT2D eigenvalue weighted by Gasteiger charge is 2.20. The number of nitrogens with two attached hydrogens (primary N) is 1. The molecule has 0 radical (unpaired) electrons. The summed E-state index contributed by atoms with van der Waals surface area (Å²) in [5, 5.41) is 20.7. The molecule has 118 valence electrons. The monoisotopic (exact) mass is 314 g/mol. The molecule has 1 amide bonds. The van der Waals surface area contributed by atoms with Crippen LogP contribution in [0.4, 0.5) is 11.4 Å². The predicted octanol–water partition coefficient (Wildman–Crippen LogP) is 1.42. The van der Waals surface area contributed by atoms with Gasteiger partial charge < -0.3 is 21.3 Å². The fourth-order valence-corrected chi connectivity index (χ4v) is 1.94. The number of carboxylic acids is 2. The number of nitrogens with one attached hydrogen (secondary N) is 1. The molecule has 1 aliphatic rings. The summed E-state index contributed by atoms with van der Waals surface area (Å²) in [5.74, 6) is -3.97. The van der Waals surface area contributed by atoms with Gasteiger partial charge in [-0.25, -0.2) is 9.59 Å². The van der Waals surface area contributed by atoms with Crippen LogP contribution in [-0.2, 0) is 14.4 Å². The van der Waals surface area contributed by atoms with Crippen LogP contribution in [0.25, 0.3) is 0 Å². The Labute approximate surface area is 131 Å². The lowest BCUT2D eigenvalue weighted by Gasteiger charge is -2.10. The van der Waals surface area contributed by atoms with E-state index in [0.29, 0.717) is 11.4 Å². The van der Waals surface area contributed by atoms with Crippen LogP contribution in [0.5, 0.6) is 0 Å². The Kier molecular flexibility index (Phi) is 4.61. The summed E-state index contributed by atoms with van der Waals surface area (Å²) < 4.78 is 0. The molecule has 0 saturated carbocycles. The smallest absolute Gasteiger partial charge is 0.335 e. The molecule has 0 aliphatic heterocycles. The predicted molar refractivity (Wildman–Crippen MR) is 83.6 cm³/mol. The summed E-state index contributed by atoms with van der Waals surface area (Å²) >= 11 is 0. The quantitative estimate of drug-likeness (QED) is 0.622. The van der Waals surface area contributed by atoms with Crippen LogP contribution >= 0.6 is 0 Å². The molecule has 1 aliphatic carbocycles. The van der Waals surface area contributed by atoms with Crippen molar-refractivity contribution in [2.24, 2.45) is 5.92 Å². The fourth-order valence-electron chi connectivity index (χ4n) is 1.94. The van der Waals surface area contributed by atoms with E-state index < -0.39 is 23.8 Å². The number of benzene rings is 1. The first-order valence-electron chi connectivity index (χ1n) is 6.61. The first kappa shape index (κ1) is 16.0. The summed E-state index contributed by atoms with van der Waals surface area (Å²) in [4.78, 5) is 34.4. The van der Waals surface area contributed by atoms with Crippen molar-refractivity contribution in [1.82, 2.24) is 0 Å². The van der Waals surface area contributed by atoms with E-state index in [2.05, 4.69) is 5.32 Å². The van der Waals surface area contributed by atoms with E-state index in [-0.39, 0.29) is 11.1 Å². The van der Waals surface area contributed by atoms with Crippen molar-refractivity contribution in [3.8, 4) is 0 Å². The largest absolute Gasteiger partial charge is 0.478 e. The van der Waals surface area contributed by atoms with Gasteiger partial charge in [-0.1, -0.05) is 18.2 Å². The van der Waals surface area contributed by atoms with Gasteiger partial charge in [-0.3, -0.25) is 4.79 Å². The van der Waals surface area contributed by atoms with Crippen LogP contribution in [0.3, 0.4) is 0 Å². The van der Waals surface area contributed by atoms with E-state index in [0.717, 1.165) is 6.08 Å². The summed E-state index contributed by atoms with van der Waals surface area (Å²) in [7, 11) is 0. The average molecular weight is 314 g/mol. The minimum atomic E-state index is -1.31. The fraction of sp³-hybridized carbons (Fsp3) is 0.0625. The molecule has 0 spiro atoms. The molecule has 23 heavy (non-hydrogen) atoms. The van der Waals surface area contributed by atoms with Crippen LogP contribution in [0.2, 0.25) is 0 Å². The average Bonchev–Trinajstić information content (AvgIpc) is 2.73. The zero-order valence-electron chi connectivity index (χ0n) is 11.9. The molecule has 5 N–H and O–H groups in total. The molecular weight excluding hydrogens is 300 g/mol. The normalized spacial score (nSPS) is 16.8. The molecule has 0 saturated heterocycles. The number of rotatable bonds is 4. The van der Waals surface area contributed by atoms with Gasteiger partial charge in [0, 0.05) is 11.4 Å². The van der Waals surface area contributed by atoms with E-state index in [4.69, 9.17) is 15.9 Å². The highest BCUT2D eigenvalue weighted by atomic mass is 16.4. The maximum Gasteiger partial charge on any atom is 0.335 e. The summed E-state index contributed by atoms with van der Waals surface area (Å²) in [5.41, 5.74) is 6.13. The molecule has 7 heteroatoms. The maximum absolute atomic E-state index is 12.2. The van der Waals surface area contributed by atoms with E-state index in [1.807, 2.05) is 0 Å². The van der Waals surface area contributed by atoms with Gasteiger partial charge in [0.05, 0.1) is 17.1 Å². The van der Waals surface area contributed by atoms with Crippen molar-refractivity contribution in [1.29, 1.82) is 0 Å². The van der Waals surface area contributed by atoms with E-state index in [9.17, 15) is 14.4 Å². The Morgan fingerprint density at radius 1 is 1.00 bits per heavy atom. The van der Waals surface area contributed by atoms with E-state index >= 15 is 0 Å². The minimum absolute atomic E-state index is 0.207. The number of amides is 1. The number of carbonyl (C=O) groups is 3. The Bertz CT molecular complexity index is 744. The Balaban J connectivity index is 2.24. The zero-order chi connectivity index (χ0) is 17.0. The number of anilines is 2. The van der Waals surface area contributed by atoms with Crippen molar-refractivity contribution in [3.63, 3.8) is 0 Å². The summed E-state index contributed by atoms with van der Waals surface area (Å²) in [6.45, 7) is 0. The second kappa shape index (κ2) is 6.61. The number of nitrogen functional groups attached to an aromatic ring is 1. The maximum atomic E-state index is 12.2. The molecule has 0 aromatic heterocycles. The van der Waals surface area contributed by atoms with Crippen LogP contribution < -0.4 is 11.1 Å².